The maximum absolute atomic E-state index is 11.8. The third-order valence-corrected chi connectivity index (χ3v) is 3.04. The van der Waals surface area contributed by atoms with Crippen molar-refractivity contribution >= 4 is 5.91 Å². The fourth-order valence-electron chi connectivity index (χ4n) is 2.09. The summed E-state index contributed by atoms with van der Waals surface area (Å²) in [6, 6.07) is 0.476. The van der Waals surface area contributed by atoms with Gasteiger partial charge in [-0.3, -0.25) is 4.79 Å². The van der Waals surface area contributed by atoms with E-state index in [-0.39, 0.29) is 0 Å². The van der Waals surface area contributed by atoms with Crippen LogP contribution < -0.4 is 0 Å². The van der Waals surface area contributed by atoms with Crippen molar-refractivity contribution in [2.24, 2.45) is 5.92 Å². The average Bonchev–Trinajstić information content (AvgIpc) is 2.39. The van der Waals surface area contributed by atoms with E-state index in [1.54, 1.807) is 0 Å². The smallest absolute Gasteiger partial charge is 0.225 e. The Balaban J connectivity index is 2.49. The lowest BCUT2D eigenvalue weighted by Gasteiger charge is -2.21. The molecule has 1 fully saturated rings. The summed E-state index contributed by atoms with van der Waals surface area (Å²) in [7, 11) is 0. The minimum absolute atomic E-state index is 0.312. The largest absolute Gasteiger partial charge is 0.340 e. The first-order valence-corrected chi connectivity index (χ1v) is 5.51. The molecule has 0 spiro atoms. The molecule has 1 rings (SSSR count). The molecule has 1 aliphatic rings. The molecule has 13 heavy (non-hydrogen) atoms. The SMILES string of the molecule is CCCCN1C(=O)C(CC)CC1C. The van der Waals surface area contributed by atoms with Crippen molar-refractivity contribution < 1.29 is 4.79 Å². The lowest BCUT2D eigenvalue weighted by molar-refractivity contribution is -0.132. The summed E-state index contributed by atoms with van der Waals surface area (Å²) in [6.07, 6.45) is 4.39. The molecule has 1 heterocycles. The maximum atomic E-state index is 11.8. The van der Waals surface area contributed by atoms with Gasteiger partial charge in [0, 0.05) is 18.5 Å². The normalized spacial score (nSPS) is 28.5. The van der Waals surface area contributed by atoms with E-state index in [4.69, 9.17) is 0 Å². The summed E-state index contributed by atoms with van der Waals surface area (Å²) in [5, 5.41) is 0. The predicted octanol–water partition coefficient (Wildman–Crippen LogP) is 2.43. The molecule has 0 radical (unpaired) electrons. The number of rotatable bonds is 4. The van der Waals surface area contributed by atoms with E-state index < -0.39 is 0 Å². The van der Waals surface area contributed by atoms with E-state index in [2.05, 4.69) is 25.7 Å². The Labute approximate surface area is 81.3 Å². The second-order valence-electron chi connectivity index (χ2n) is 4.08. The number of carbonyl (C=O) groups excluding carboxylic acids is 1. The molecule has 2 heteroatoms. The number of hydrogen-bond acceptors (Lipinski definition) is 1. The number of nitrogens with zero attached hydrogens (tertiary/aromatic N) is 1. The molecule has 0 aliphatic carbocycles. The van der Waals surface area contributed by atoms with Gasteiger partial charge in [-0.05, 0) is 26.2 Å². The molecule has 1 saturated heterocycles. The molecule has 1 aliphatic heterocycles. The molecule has 2 unspecified atom stereocenters. The van der Waals surface area contributed by atoms with Gasteiger partial charge in [0.15, 0.2) is 0 Å². The van der Waals surface area contributed by atoms with E-state index in [0.29, 0.717) is 17.9 Å². The monoisotopic (exact) mass is 183 g/mol. The fourth-order valence-corrected chi connectivity index (χ4v) is 2.09. The van der Waals surface area contributed by atoms with Crippen LogP contribution in [-0.4, -0.2) is 23.4 Å². The minimum Gasteiger partial charge on any atom is -0.340 e. The number of hydrogen-bond donors (Lipinski definition) is 0. The van der Waals surface area contributed by atoms with Crippen molar-refractivity contribution in [3.05, 3.63) is 0 Å². The summed E-state index contributed by atoms with van der Waals surface area (Å²) in [5.74, 6) is 0.704. The zero-order chi connectivity index (χ0) is 9.84. The molecular formula is C11H21NO. The number of unbranched alkanes of at least 4 members (excludes halogenated alkanes) is 1. The van der Waals surface area contributed by atoms with E-state index in [0.717, 1.165) is 25.8 Å². The molecule has 1 amide bonds. The summed E-state index contributed by atoms with van der Waals surface area (Å²) < 4.78 is 0. The predicted molar refractivity (Wildman–Crippen MR) is 54.5 cm³/mol. The van der Waals surface area contributed by atoms with Gasteiger partial charge in [-0.1, -0.05) is 20.3 Å². The van der Waals surface area contributed by atoms with Crippen molar-refractivity contribution in [1.82, 2.24) is 4.90 Å². The van der Waals surface area contributed by atoms with Crippen molar-refractivity contribution in [3.63, 3.8) is 0 Å². The Bertz CT molecular complexity index is 179. The Hall–Kier alpha value is -0.530. The highest BCUT2D eigenvalue weighted by Crippen LogP contribution is 2.26. The highest BCUT2D eigenvalue weighted by molar-refractivity contribution is 5.81. The van der Waals surface area contributed by atoms with Crippen molar-refractivity contribution in [2.75, 3.05) is 6.54 Å². The van der Waals surface area contributed by atoms with Gasteiger partial charge in [0.25, 0.3) is 0 Å². The van der Waals surface area contributed by atoms with E-state index in [9.17, 15) is 4.79 Å². The molecular weight excluding hydrogens is 162 g/mol. The van der Waals surface area contributed by atoms with Gasteiger partial charge in [-0.15, -0.1) is 0 Å². The Morgan fingerprint density at radius 1 is 1.46 bits per heavy atom. The van der Waals surface area contributed by atoms with Gasteiger partial charge < -0.3 is 4.90 Å². The second-order valence-corrected chi connectivity index (χ2v) is 4.08. The average molecular weight is 183 g/mol. The standard InChI is InChI=1S/C11H21NO/c1-4-6-7-12-9(3)8-10(5-2)11(12)13/h9-10H,4-8H2,1-3H3. The van der Waals surface area contributed by atoms with Crippen LogP contribution in [0.1, 0.15) is 46.5 Å². The molecule has 0 N–H and O–H groups in total. The zero-order valence-corrected chi connectivity index (χ0v) is 9.05. The quantitative estimate of drug-likeness (QED) is 0.655. The molecule has 0 aromatic heterocycles. The molecule has 2 atom stereocenters. The van der Waals surface area contributed by atoms with Crippen LogP contribution in [0.25, 0.3) is 0 Å². The molecule has 0 aromatic rings. The van der Waals surface area contributed by atoms with Crippen molar-refractivity contribution in [2.45, 2.75) is 52.5 Å². The third-order valence-electron chi connectivity index (χ3n) is 3.04. The van der Waals surface area contributed by atoms with Crippen LogP contribution in [-0.2, 0) is 4.79 Å². The summed E-state index contributed by atoms with van der Waals surface area (Å²) in [4.78, 5) is 13.8. The molecule has 0 saturated carbocycles. The molecule has 0 bridgehead atoms. The maximum Gasteiger partial charge on any atom is 0.225 e. The van der Waals surface area contributed by atoms with Crippen LogP contribution in [0, 0.1) is 5.92 Å². The lowest BCUT2D eigenvalue weighted by atomic mass is 10.0. The topological polar surface area (TPSA) is 20.3 Å². The Kier molecular flexibility index (Phi) is 3.76. The summed E-state index contributed by atoms with van der Waals surface area (Å²) in [5.41, 5.74) is 0. The van der Waals surface area contributed by atoms with Crippen LogP contribution in [0.3, 0.4) is 0 Å². The highest BCUT2D eigenvalue weighted by atomic mass is 16.2. The highest BCUT2D eigenvalue weighted by Gasteiger charge is 2.34. The minimum atomic E-state index is 0.312. The van der Waals surface area contributed by atoms with Gasteiger partial charge in [0.2, 0.25) is 5.91 Å². The number of amides is 1. The fraction of sp³-hybridized carbons (Fsp3) is 0.909. The number of carbonyl (C=O) groups is 1. The van der Waals surface area contributed by atoms with Crippen molar-refractivity contribution in [3.8, 4) is 0 Å². The van der Waals surface area contributed by atoms with Gasteiger partial charge >= 0.3 is 0 Å². The summed E-state index contributed by atoms with van der Waals surface area (Å²) >= 11 is 0. The first kappa shape index (κ1) is 10.6. The van der Waals surface area contributed by atoms with Crippen LogP contribution in [0.4, 0.5) is 0 Å². The van der Waals surface area contributed by atoms with Crippen LogP contribution in [0.2, 0.25) is 0 Å². The third kappa shape index (κ3) is 2.23. The Morgan fingerprint density at radius 3 is 2.62 bits per heavy atom. The first-order chi connectivity index (χ1) is 6.20. The van der Waals surface area contributed by atoms with E-state index >= 15 is 0 Å². The van der Waals surface area contributed by atoms with Crippen LogP contribution >= 0.6 is 0 Å². The van der Waals surface area contributed by atoms with Gasteiger partial charge in [0.1, 0.15) is 0 Å². The van der Waals surface area contributed by atoms with Gasteiger partial charge in [0.05, 0.1) is 0 Å². The molecule has 0 aromatic carbocycles. The number of likely N-dealkylation sites (tertiary alicyclic amines) is 1. The van der Waals surface area contributed by atoms with Gasteiger partial charge in [-0.2, -0.15) is 0 Å². The van der Waals surface area contributed by atoms with Gasteiger partial charge in [-0.25, -0.2) is 0 Å². The zero-order valence-electron chi connectivity index (χ0n) is 9.05. The molecule has 2 nitrogen and oxygen atoms in total. The van der Waals surface area contributed by atoms with Crippen LogP contribution in [0.15, 0.2) is 0 Å². The Morgan fingerprint density at radius 2 is 2.15 bits per heavy atom. The van der Waals surface area contributed by atoms with Crippen LogP contribution in [0.5, 0.6) is 0 Å². The van der Waals surface area contributed by atoms with E-state index in [1.165, 1.54) is 6.42 Å². The van der Waals surface area contributed by atoms with E-state index in [1.807, 2.05) is 0 Å². The first-order valence-electron chi connectivity index (χ1n) is 5.51. The van der Waals surface area contributed by atoms with Crippen molar-refractivity contribution in [1.29, 1.82) is 0 Å². The lowest BCUT2D eigenvalue weighted by Crippen LogP contribution is -2.32. The summed E-state index contributed by atoms with van der Waals surface area (Å²) in [6.45, 7) is 7.41. The molecule has 76 valence electrons. The second kappa shape index (κ2) is 4.64.